The number of nitrogens with zero attached hydrogens (tertiary/aromatic N) is 1. The molecule has 0 unspecified atom stereocenters. The maximum atomic E-state index is 11.3. The first-order valence-corrected chi connectivity index (χ1v) is 6.42. The van der Waals surface area contributed by atoms with Gasteiger partial charge in [0.1, 0.15) is 11.4 Å². The molecule has 0 aliphatic rings. The predicted molar refractivity (Wildman–Crippen MR) is 72.4 cm³/mol. The number of pyridine rings is 1. The third-order valence-corrected chi connectivity index (χ3v) is 2.64. The van der Waals surface area contributed by atoms with E-state index in [0.29, 0.717) is 19.0 Å². The van der Waals surface area contributed by atoms with E-state index in [2.05, 4.69) is 4.98 Å². The van der Waals surface area contributed by atoms with Gasteiger partial charge in [-0.25, -0.2) is 9.78 Å². The molecule has 1 aromatic heterocycles. The van der Waals surface area contributed by atoms with Crippen molar-refractivity contribution in [2.75, 3.05) is 20.3 Å². The Morgan fingerprint density at radius 2 is 1.80 bits per heavy atom. The number of rotatable bonds is 9. The maximum absolute atomic E-state index is 11.3. The first kappa shape index (κ1) is 16.1. The van der Waals surface area contributed by atoms with Crippen LogP contribution in [-0.4, -0.2) is 42.2 Å². The third-order valence-electron chi connectivity index (χ3n) is 2.64. The van der Waals surface area contributed by atoms with Gasteiger partial charge >= 0.3 is 5.97 Å². The van der Waals surface area contributed by atoms with E-state index in [1.807, 2.05) is 0 Å². The predicted octanol–water partition coefficient (Wildman–Crippen LogP) is 2.18. The molecule has 1 N–H and O–H groups in total. The summed E-state index contributed by atoms with van der Waals surface area (Å²) in [5.74, 6) is -1.12. The van der Waals surface area contributed by atoms with Gasteiger partial charge in [0.05, 0.1) is 6.61 Å². The number of Topliss-reactive ketones (excluding diaryl/α,β-unsaturated/α-hetero) is 1. The molecule has 0 spiro atoms. The highest BCUT2D eigenvalue weighted by molar-refractivity contribution is 5.94. The highest BCUT2D eigenvalue weighted by Crippen LogP contribution is 2.15. The lowest BCUT2D eigenvalue weighted by Crippen LogP contribution is -2.08. The summed E-state index contributed by atoms with van der Waals surface area (Å²) < 4.78 is 10.4. The van der Waals surface area contributed by atoms with Crippen molar-refractivity contribution in [3.8, 4) is 5.75 Å². The van der Waals surface area contributed by atoms with Crippen LogP contribution in [-0.2, 0) is 4.74 Å². The van der Waals surface area contributed by atoms with Gasteiger partial charge in [-0.05, 0) is 19.3 Å². The molecular formula is C14H19NO5. The zero-order valence-electron chi connectivity index (χ0n) is 11.7. The van der Waals surface area contributed by atoms with Crippen molar-refractivity contribution in [3.63, 3.8) is 0 Å². The number of carboxylic acid groups (broad SMARTS) is 1. The molecule has 0 aliphatic carbocycles. The molecule has 20 heavy (non-hydrogen) atoms. The van der Waals surface area contributed by atoms with E-state index >= 15 is 0 Å². The second kappa shape index (κ2) is 8.27. The van der Waals surface area contributed by atoms with Crippen LogP contribution in [0.25, 0.3) is 0 Å². The average Bonchev–Trinajstić information content (AvgIpc) is 2.42. The molecule has 1 rings (SSSR count). The Morgan fingerprint density at radius 3 is 2.40 bits per heavy atom. The van der Waals surface area contributed by atoms with Crippen LogP contribution >= 0.6 is 0 Å². The SMILES string of the molecule is COCCCCCOc1cc(C(C)=O)nc(C(=O)O)c1. The molecule has 0 saturated heterocycles. The second-order valence-electron chi connectivity index (χ2n) is 4.34. The van der Waals surface area contributed by atoms with E-state index in [-0.39, 0.29) is 17.2 Å². The summed E-state index contributed by atoms with van der Waals surface area (Å²) >= 11 is 0. The van der Waals surface area contributed by atoms with Crippen molar-refractivity contribution in [1.82, 2.24) is 4.98 Å². The molecule has 0 aliphatic heterocycles. The number of ketones is 1. The summed E-state index contributed by atoms with van der Waals surface area (Å²) in [6, 6.07) is 2.79. The number of hydrogen-bond donors (Lipinski definition) is 1. The Bertz CT molecular complexity index is 440. The second-order valence-corrected chi connectivity index (χ2v) is 4.34. The Morgan fingerprint density at radius 1 is 1.15 bits per heavy atom. The fourth-order valence-electron chi connectivity index (χ4n) is 1.59. The fourth-order valence-corrected chi connectivity index (χ4v) is 1.59. The zero-order valence-corrected chi connectivity index (χ0v) is 11.7. The first-order chi connectivity index (χ1) is 9.54. The highest BCUT2D eigenvalue weighted by Gasteiger charge is 2.12. The van der Waals surface area contributed by atoms with Gasteiger partial charge < -0.3 is 14.6 Å². The van der Waals surface area contributed by atoms with E-state index in [1.54, 1.807) is 7.11 Å². The number of carbonyl (C=O) groups is 2. The minimum atomic E-state index is -1.18. The molecule has 0 radical (unpaired) electrons. The summed E-state index contributed by atoms with van der Waals surface area (Å²) in [5, 5.41) is 8.94. The van der Waals surface area contributed by atoms with Crippen LogP contribution in [0, 0.1) is 0 Å². The normalized spacial score (nSPS) is 10.3. The van der Waals surface area contributed by atoms with Crippen LogP contribution in [0.5, 0.6) is 5.75 Å². The van der Waals surface area contributed by atoms with Gasteiger partial charge in [-0.3, -0.25) is 4.79 Å². The summed E-state index contributed by atoms with van der Waals surface area (Å²) in [6.07, 6.45) is 2.75. The van der Waals surface area contributed by atoms with E-state index < -0.39 is 5.97 Å². The number of aromatic carboxylic acids is 1. The van der Waals surface area contributed by atoms with Gasteiger partial charge in [0.2, 0.25) is 0 Å². The number of aromatic nitrogens is 1. The van der Waals surface area contributed by atoms with Gasteiger partial charge in [-0.15, -0.1) is 0 Å². The van der Waals surface area contributed by atoms with Gasteiger partial charge in [0, 0.05) is 32.8 Å². The summed E-state index contributed by atoms with van der Waals surface area (Å²) in [6.45, 7) is 2.51. The molecule has 0 atom stereocenters. The fraction of sp³-hybridized carbons (Fsp3) is 0.500. The molecule has 110 valence electrons. The monoisotopic (exact) mass is 281 g/mol. The van der Waals surface area contributed by atoms with Crippen molar-refractivity contribution < 1.29 is 24.2 Å². The number of carboxylic acids is 1. The van der Waals surface area contributed by atoms with Gasteiger partial charge in [0.15, 0.2) is 11.5 Å². The van der Waals surface area contributed by atoms with E-state index in [1.165, 1.54) is 19.1 Å². The van der Waals surface area contributed by atoms with Crippen molar-refractivity contribution >= 4 is 11.8 Å². The molecule has 0 bridgehead atoms. The standard InChI is InChI=1S/C14H19NO5/c1-10(16)12-8-11(9-13(15-12)14(17)18)20-7-5-3-4-6-19-2/h8-9H,3-7H2,1-2H3,(H,17,18). The molecule has 6 heteroatoms. The van der Waals surface area contributed by atoms with Gasteiger partial charge in [0.25, 0.3) is 0 Å². The Hall–Kier alpha value is -1.95. The number of ether oxygens (including phenoxy) is 2. The van der Waals surface area contributed by atoms with Crippen molar-refractivity contribution in [2.45, 2.75) is 26.2 Å². The van der Waals surface area contributed by atoms with Crippen LogP contribution in [0.4, 0.5) is 0 Å². The Labute approximate surface area is 117 Å². The Balaban J connectivity index is 2.60. The molecule has 0 fully saturated rings. The number of methoxy groups -OCH3 is 1. The number of carbonyl (C=O) groups excluding carboxylic acids is 1. The van der Waals surface area contributed by atoms with Crippen LogP contribution in [0.1, 0.15) is 47.2 Å². The Kier molecular flexibility index (Phi) is 6.66. The average molecular weight is 281 g/mol. The summed E-state index contributed by atoms with van der Waals surface area (Å²) in [5.41, 5.74) is -0.0913. The van der Waals surface area contributed by atoms with Gasteiger partial charge in [-0.2, -0.15) is 0 Å². The van der Waals surface area contributed by atoms with Crippen molar-refractivity contribution in [1.29, 1.82) is 0 Å². The molecule has 1 heterocycles. The van der Waals surface area contributed by atoms with Crippen molar-refractivity contribution in [3.05, 3.63) is 23.5 Å². The largest absolute Gasteiger partial charge is 0.493 e. The molecule has 0 saturated carbocycles. The van der Waals surface area contributed by atoms with E-state index in [4.69, 9.17) is 14.6 Å². The molecule has 6 nitrogen and oxygen atoms in total. The maximum Gasteiger partial charge on any atom is 0.354 e. The van der Waals surface area contributed by atoms with Crippen LogP contribution in [0.15, 0.2) is 12.1 Å². The molecule has 0 aromatic carbocycles. The molecular weight excluding hydrogens is 262 g/mol. The quantitative estimate of drug-likeness (QED) is 0.551. The summed E-state index contributed by atoms with van der Waals surface area (Å²) in [4.78, 5) is 26.0. The highest BCUT2D eigenvalue weighted by atomic mass is 16.5. The van der Waals surface area contributed by atoms with Crippen LogP contribution in [0.2, 0.25) is 0 Å². The lowest BCUT2D eigenvalue weighted by molar-refractivity contribution is 0.0689. The van der Waals surface area contributed by atoms with E-state index in [9.17, 15) is 9.59 Å². The minimum Gasteiger partial charge on any atom is -0.493 e. The lowest BCUT2D eigenvalue weighted by Gasteiger charge is -2.08. The minimum absolute atomic E-state index is 0.0966. The molecule has 1 aromatic rings. The smallest absolute Gasteiger partial charge is 0.354 e. The zero-order chi connectivity index (χ0) is 15.0. The number of unbranched alkanes of at least 4 members (excludes halogenated alkanes) is 2. The summed E-state index contributed by atoms with van der Waals surface area (Å²) in [7, 11) is 1.66. The van der Waals surface area contributed by atoms with Crippen LogP contribution in [0.3, 0.4) is 0 Å². The van der Waals surface area contributed by atoms with Crippen molar-refractivity contribution in [2.24, 2.45) is 0 Å². The van der Waals surface area contributed by atoms with Crippen LogP contribution < -0.4 is 4.74 Å². The number of hydrogen-bond acceptors (Lipinski definition) is 5. The molecule has 0 amide bonds. The third kappa shape index (κ3) is 5.36. The van der Waals surface area contributed by atoms with Gasteiger partial charge in [-0.1, -0.05) is 0 Å². The lowest BCUT2D eigenvalue weighted by atomic mass is 10.2. The first-order valence-electron chi connectivity index (χ1n) is 6.42. The van der Waals surface area contributed by atoms with E-state index in [0.717, 1.165) is 19.3 Å². The topological polar surface area (TPSA) is 85.7 Å².